The second-order valence-electron chi connectivity index (χ2n) is 14.8. The molecule has 15 nitrogen and oxygen atoms in total. The summed E-state index contributed by atoms with van der Waals surface area (Å²) in [4.78, 5) is 59.9. The number of aromatic nitrogens is 7. The van der Waals surface area contributed by atoms with Gasteiger partial charge in [0.1, 0.15) is 11.6 Å². The van der Waals surface area contributed by atoms with Gasteiger partial charge in [-0.2, -0.15) is 10.2 Å². The van der Waals surface area contributed by atoms with E-state index in [1.807, 2.05) is 18.2 Å². The summed E-state index contributed by atoms with van der Waals surface area (Å²) < 4.78 is 34.3. The van der Waals surface area contributed by atoms with E-state index in [0.717, 1.165) is 69.4 Å². The minimum Gasteiger partial charge on any atom is -0.370 e. The lowest BCUT2D eigenvalue weighted by molar-refractivity contribution is -0.135. The number of piperidine rings is 2. The van der Waals surface area contributed by atoms with E-state index in [1.165, 1.54) is 27.7 Å². The highest BCUT2D eigenvalue weighted by Gasteiger charge is 2.34. The van der Waals surface area contributed by atoms with Crippen LogP contribution in [0.25, 0.3) is 16.7 Å². The first-order valence-corrected chi connectivity index (χ1v) is 18.5. The number of carbonyl (C=O) groups excluding carboxylic acids is 3. The summed E-state index contributed by atoms with van der Waals surface area (Å²) in [5.74, 6) is -0.871. The fourth-order valence-electron chi connectivity index (χ4n) is 8.63. The molecule has 54 heavy (non-hydrogen) atoms. The summed E-state index contributed by atoms with van der Waals surface area (Å²) in [6.07, 6.45) is 9.09. The number of imide groups is 1. The van der Waals surface area contributed by atoms with Crippen molar-refractivity contribution in [3.8, 4) is 0 Å². The van der Waals surface area contributed by atoms with Gasteiger partial charge in [-0.3, -0.25) is 33.5 Å². The largest absolute Gasteiger partial charge is 0.370 e. The molecule has 3 amide bonds. The summed E-state index contributed by atoms with van der Waals surface area (Å²) in [6, 6.07) is 7.12. The molecule has 2 saturated heterocycles. The minimum absolute atomic E-state index is 0.0103. The molecule has 0 spiro atoms. The van der Waals surface area contributed by atoms with Crippen LogP contribution in [0, 0.1) is 5.92 Å². The van der Waals surface area contributed by atoms with E-state index in [4.69, 9.17) is 0 Å². The third-order valence-corrected chi connectivity index (χ3v) is 11.5. The highest BCUT2D eigenvalue weighted by atomic mass is 19.3. The number of anilines is 2. The lowest BCUT2D eigenvalue weighted by Gasteiger charge is -2.40. The van der Waals surface area contributed by atoms with Gasteiger partial charge >= 0.3 is 5.69 Å². The van der Waals surface area contributed by atoms with E-state index in [-0.39, 0.29) is 35.3 Å². The highest BCUT2D eigenvalue weighted by molar-refractivity contribution is 6.08. The normalized spacial score (nSPS) is 21.4. The zero-order valence-corrected chi connectivity index (χ0v) is 30.2. The Morgan fingerprint density at radius 3 is 2.57 bits per heavy atom. The number of benzene rings is 1. The maximum absolute atomic E-state index is 14.1. The van der Waals surface area contributed by atoms with Gasteiger partial charge in [-0.05, 0) is 76.1 Å². The number of halogens is 2. The van der Waals surface area contributed by atoms with Crippen LogP contribution >= 0.6 is 0 Å². The first kappa shape index (κ1) is 35.6. The predicted octanol–water partition coefficient (Wildman–Crippen LogP) is 4.08. The number of amides is 3. The number of hydrogen-bond donors (Lipinski definition) is 2. The Morgan fingerprint density at radius 1 is 1.06 bits per heavy atom. The van der Waals surface area contributed by atoms with E-state index in [0.29, 0.717) is 29.5 Å². The molecular weight excluding hydrogens is 700 g/mol. The molecule has 284 valence electrons. The number of imidazole rings is 1. The maximum Gasteiger partial charge on any atom is 0.329 e. The average Bonchev–Trinajstić information content (AvgIpc) is 3.87. The van der Waals surface area contributed by atoms with Gasteiger partial charge in [0.05, 0.1) is 34.6 Å². The zero-order chi connectivity index (χ0) is 37.7. The Kier molecular flexibility index (Phi) is 9.49. The Bertz CT molecular complexity index is 2280. The third kappa shape index (κ3) is 6.54. The monoisotopic (exact) mass is 743 g/mol. The molecule has 0 radical (unpaired) electrons. The Hall–Kier alpha value is -5.45. The van der Waals surface area contributed by atoms with Crippen LogP contribution in [-0.2, 0) is 16.6 Å². The van der Waals surface area contributed by atoms with Crippen molar-refractivity contribution in [1.29, 1.82) is 0 Å². The van der Waals surface area contributed by atoms with Crippen LogP contribution in [0.5, 0.6) is 0 Å². The van der Waals surface area contributed by atoms with Crippen molar-refractivity contribution < 1.29 is 23.2 Å². The standard InChI is InChI=1S/C37H43F2N11O4/c1-45(23-13-17-47(18-14-23)27-5-3-6-28-32(27)46(2)37(54)50(28)29-11-12-30(51)43-36(29)53)20-22-7-9-24(10-8-22)49-21-26(31(44-49)33(38)39)42-35(52)25-19-41-48-16-4-15-40-34(25)48/h3-6,15-16,19,21-24,29,33H,7-14,17-18,20H2,1-2H3,(H,42,52)(H,43,51,53). The highest BCUT2D eigenvalue weighted by Crippen LogP contribution is 2.36. The van der Waals surface area contributed by atoms with E-state index < -0.39 is 30.0 Å². The Labute approximate surface area is 308 Å². The van der Waals surface area contributed by atoms with Crippen molar-refractivity contribution in [3.63, 3.8) is 0 Å². The number of alkyl halides is 2. The van der Waals surface area contributed by atoms with Crippen LogP contribution in [0.4, 0.5) is 20.2 Å². The van der Waals surface area contributed by atoms with Crippen molar-refractivity contribution >= 4 is 45.8 Å². The van der Waals surface area contributed by atoms with Gasteiger partial charge in [0.15, 0.2) is 11.3 Å². The van der Waals surface area contributed by atoms with Crippen molar-refractivity contribution in [1.82, 2.24) is 43.7 Å². The summed E-state index contributed by atoms with van der Waals surface area (Å²) in [7, 11) is 3.91. The van der Waals surface area contributed by atoms with Gasteiger partial charge in [0.2, 0.25) is 11.8 Å². The van der Waals surface area contributed by atoms with Gasteiger partial charge in [0, 0.05) is 57.7 Å². The molecule has 1 aliphatic carbocycles. The molecule has 6 heterocycles. The van der Waals surface area contributed by atoms with Gasteiger partial charge < -0.3 is 15.1 Å². The number of rotatable bonds is 9. The first-order valence-electron chi connectivity index (χ1n) is 18.5. The molecular formula is C37H43F2N11O4. The number of carbonyl (C=O) groups is 3. The molecule has 1 aromatic carbocycles. The maximum atomic E-state index is 14.1. The summed E-state index contributed by atoms with van der Waals surface area (Å²) in [5, 5.41) is 13.3. The molecule has 1 unspecified atom stereocenters. The van der Waals surface area contributed by atoms with Crippen LogP contribution in [0.1, 0.15) is 85.9 Å². The van der Waals surface area contributed by atoms with Gasteiger partial charge in [-0.15, -0.1) is 0 Å². The van der Waals surface area contributed by atoms with E-state index >= 15 is 0 Å². The van der Waals surface area contributed by atoms with E-state index in [1.54, 1.807) is 28.6 Å². The lowest BCUT2D eigenvalue weighted by atomic mass is 9.85. The minimum atomic E-state index is -2.85. The predicted molar refractivity (Wildman–Crippen MR) is 196 cm³/mol. The summed E-state index contributed by atoms with van der Waals surface area (Å²) in [5.41, 5.74) is 2.21. The second-order valence-corrected chi connectivity index (χ2v) is 14.8. The van der Waals surface area contributed by atoms with Crippen LogP contribution in [0.15, 0.2) is 53.8 Å². The molecule has 8 rings (SSSR count). The first-order chi connectivity index (χ1) is 26.1. The number of aryl methyl sites for hydroxylation is 1. The number of fused-ring (bicyclic) bond motifs is 2. The lowest BCUT2D eigenvalue weighted by Crippen LogP contribution is -2.45. The molecule has 1 atom stereocenters. The molecule has 3 aliphatic rings. The average molecular weight is 744 g/mol. The van der Waals surface area contributed by atoms with Crippen molar-refractivity contribution in [2.45, 2.75) is 75.9 Å². The smallest absolute Gasteiger partial charge is 0.329 e. The molecule has 4 aromatic heterocycles. The fourth-order valence-corrected chi connectivity index (χ4v) is 8.63. The SMILES string of the molecule is CN(CC1CCC(n2cc(NC(=O)c3cnn4cccnc34)c(C(F)F)n2)CC1)C1CCN(c2cccc3c2n(C)c(=O)n3C2CCC(=O)NC2=O)CC1. The zero-order valence-electron chi connectivity index (χ0n) is 30.2. The number of para-hydroxylation sites is 1. The molecule has 17 heteroatoms. The number of nitrogens with one attached hydrogen (secondary N) is 2. The van der Waals surface area contributed by atoms with Gasteiger partial charge in [-0.25, -0.2) is 23.1 Å². The van der Waals surface area contributed by atoms with Gasteiger partial charge in [0.25, 0.3) is 12.3 Å². The quantitative estimate of drug-likeness (QED) is 0.213. The summed E-state index contributed by atoms with van der Waals surface area (Å²) >= 11 is 0. The van der Waals surface area contributed by atoms with E-state index in [9.17, 15) is 28.0 Å². The molecule has 1 saturated carbocycles. The molecule has 5 aromatic rings. The Morgan fingerprint density at radius 2 is 1.83 bits per heavy atom. The van der Waals surface area contributed by atoms with Crippen LogP contribution in [-0.4, -0.2) is 88.9 Å². The molecule has 0 bridgehead atoms. The van der Waals surface area contributed by atoms with Crippen molar-refractivity contribution in [3.05, 3.63) is 70.8 Å². The van der Waals surface area contributed by atoms with Crippen molar-refractivity contribution in [2.24, 2.45) is 13.0 Å². The number of hydrogen-bond acceptors (Lipinski definition) is 9. The topological polar surface area (TPSA) is 157 Å². The van der Waals surface area contributed by atoms with Crippen molar-refractivity contribution in [2.75, 3.05) is 36.9 Å². The van der Waals surface area contributed by atoms with Crippen LogP contribution in [0.3, 0.4) is 0 Å². The summed E-state index contributed by atoms with van der Waals surface area (Å²) in [6.45, 7) is 2.57. The van der Waals surface area contributed by atoms with E-state index in [2.05, 4.69) is 42.7 Å². The van der Waals surface area contributed by atoms with Crippen LogP contribution < -0.4 is 21.2 Å². The van der Waals surface area contributed by atoms with Gasteiger partial charge in [-0.1, -0.05) is 6.07 Å². The third-order valence-electron chi connectivity index (χ3n) is 11.5. The fraction of sp³-hybridized carbons (Fsp3) is 0.486. The van der Waals surface area contributed by atoms with Crippen LogP contribution in [0.2, 0.25) is 0 Å². The molecule has 2 aliphatic heterocycles. The number of nitrogens with zero attached hydrogens (tertiary/aromatic N) is 9. The second kappa shape index (κ2) is 14.4. The molecule has 2 N–H and O–H groups in total. The molecule has 3 fully saturated rings. The Balaban J connectivity index is 0.868.